The number of amides is 1. The Balaban J connectivity index is 2.39. The second-order valence-electron chi connectivity index (χ2n) is 4.44. The molecule has 23 heavy (non-hydrogen) atoms. The monoisotopic (exact) mass is 336 g/mol. The Labute approximate surface area is 136 Å². The third-order valence-corrected chi connectivity index (χ3v) is 3.28. The average Bonchev–Trinajstić information content (AvgIpc) is 2.54. The van der Waals surface area contributed by atoms with Gasteiger partial charge in [-0.05, 0) is 24.3 Å². The first kappa shape index (κ1) is 16.6. The number of benzene rings is 2. The van der Waals surface area contributed by atoms with E-state index in [0.717, 1.165) is 6.07 Å². The van der Waals surface area contributed by atoms with E-state index in [2.05, 4.69) is 5.32 Å². The van der Waals surface area contributed by atoms with Crippen molar-refractivity contribution in [3.05, 3.63) is 57.1 Å². The lowest BCUT2D eigenvalue weighted by molar-refractivity contribution is -0.384. The molecule has 2 aromatic carbocycles. The van der Waals surface area contributed by atoms with Crippen LogP contribution in [0.15, 0.2) is 36.4 Å². The predicted molar refractivity (Wildman–Crippen MR) is 85.6 cm³/mol. The predicted octanol–water partition coefficient (Wildman–Crippen LogP) is 3.52. The fraction of sp³-hybridized carbons (Fsp3) is 0.133. The topological polar surface area (TPSA) is 90.7 Å². The molecule has 8 heteroatoms. The number of nitrogens with zero attached hydrogens (tertiary/aromatic N) is 1. The fourth-order valence-corrected chi connectivity index (χ4v) is 2.13. The van der Waals surface area contributed by atoms with Crippen LogP contribution in [0.3, 0.4) is 0 Å². The number of anilines is 1. The molecular weight excluding hydrogens is 324 g/mol. The van der Waals surface area contributed by atoms with Crippen LogP contribution in [0.4, 0.5) is 11.4 Å². The van der Waals surface area contributed by atoms with Crippen molar-refractivity contribution >= 4 is 28.9 Å². The molecule has 0 radical (unpaired) electrons. The first-order valence-corrected chi connectivity index (χ1v) is 6.81. The zero-order chi connectivity index (χ0) is 17.0. The van der Waals surface area contributed by atoms with Gasteiger partial charge in [0.05, 0.1) is 30.4 Å². The summed E-state index contributed by atoms with van der Waals surface area (Å²) in [4.78, 5) is 22.7. The molecule has 7 nitrogen and oxygen atoms in total. The van der Waals surface area contributed by atoms with Crippen LogP contribution in [0.25, 0.3) is 0 Å². The number of methoxy groups -OCH3 is 2. The van der Waals surface area contributed by atoms with Gasteiger partial charge in [0.15, 0.2) is 0 Å². The molecule has 0 heterocycles. The highest BCUT2D eigenvalue weighted by atomic mass is 35.5. The highest BCUT2D eigenvalue weighted by Gasteiger charge is 2.19. The molecule has 120 valence electrons. The summed E-state index contributed by atoms with van der Waals surface area (Å²) < 4.78 is 10.2. The Kier molecular flexibility index (Phi) is 5.02. The largest absolute Gasteiger partial charge is 0.496 e. The molecule has 0 unspecified atom stereocenters. The summed E-state index contributed by atoms with van der Waals surface area (Å²) in [5, 5.41) is 13.9. The number of ether oxygens (including phenoxy) is 2. The van der Waals surface area contributed by atoms with E-state index in [4.69, 9.17) is 21.1 Å². The summed E-state index contributed by atoms with van der Waals surface area (Å²) in [6.45, 7) is 0. The molecule has 0 aliphatic carbocycles. The molecule has 2 aromatic rings. The molecule has 0 atom stereocenters. The molecule has 0 bridgehead atoms. The summed E-state index contributed by atoms with van der Waals surface area (Å²) in [6, 6.07) is 8.50. The third-order valence-electron chi connectivity index (χ3n) is 3.05. The average molecular weight is 337 g/mol. The van der Waals surface area contributed by atoms with Crippen molar-refractivity contribution < 1.29 is 19.2 Å². The van der Waals surface area contributed by atoms with Crippen LogP contribution in [0.2, 0.25) is 5.02 Å². The van der Waals surface area contributed by atoms with Crippen molar-refractivity contribution in [2.75, 3.05) is 19.5 Å². The second kappa shape index (κ2) is 6.97. The van der Waals surface area contributed by atoms with Crippen LogP contribution in [-0.4, -0.2) is 25.1 Å². The maximum absolute atomic E-state index is 12.4. The lowest BCUT2D eigenvalue weighted by atomic mass is 10.1. The molecule has 0 aromatic heterocycles. The zero-order valence-corrected chi connectivity index (χ0v) is 13.1. The van der Waals surface area contributed by atoms with Crippen molar-refractivity contribution in [2.24, 2.45) is 0 Å². The number of carbonyl (C=O) groups excluding carboxylic acids is 1. The van der Waals surface area contributed by atoms with Crippen LogP contribution < -0.4 is 14.8 Å². The lowest BCUT2D eigenvalue weighted by Crippen LogP contribution is -2.14. The SMILES string of the molecule is COc1ccc(Cl)cc1NC(=O)c1cc([N+](=O)[O-])ccc1OC. The number of rotatable bonds is 5. The van der Waals surface area contributed by atoms with Crippen molar-refractivity contribution in [3.63, 3.8) is 0 Å². The van der Waals surface area contributed by atoms with Gasteiger partial charge in [-0.2, -0.15) is 0 Å². The number of nitrogens with one attached hydrogen (secondary N) is 1. The van der Waals surface area contributed by atoms with Crippen LogP contribution in [0.5, 0.6) is 11.5 Å². The van der Waals surface area contributed by atoms with Gasteiger partial charge in [-0.3, -0.25) is 14.9 Å². The van der Waals surface area contributed by atoms with Crippen LogP contribution in [-0.2, 0) is 0 Å². The smallest absolute Gasteiger partial charge is 0.270 e. The fourth-order valence-electron chi connectivity index (χ4n) is 1.95. The highest BCUT2D eigenvalue weighted by Crippen LogP contribution is 2.30. The summed E-state index contributed by atoms with van der Waals surface area (Å²) >= 11 is 5.91. The highest BCUT2D eigenvalue weighted by molar-refractivity contribution is 6.31. The lowest BCUT2D eigenvalue weighted by Gasteiger charge is -2.12. The third kappa shape index (κ3) is 3.70. The first-order chi connectivity index (χ1) is 11.0. The Morgan fingerprint density at radius 2 is 1.78 bits per heavy atom. The molecule has 0 aliphatic rings. The van der Waals surface area contributed by atoms with Gasteiger partial charge in [-0.1, -0.05) is 11.6 Å². The van der Waals surface area contributed by atoms with Gasteiger partial charge in [0.2, 0.25) is 0 Å². The molecule has 0 saturated heterocycles. The van der Waals surface area contributed by atoms with Crippen LogP contribution in [0, 0.1) is 10.1 Å². The van der Waals surface area contributed by atoms with Crippen molar-refractivity contribution in [3.8, 4) is 11.5 Å². The molecule has 0 aliphatic heterocycles. The summed E-state index contributed by atoms with van der Waals surface area (Å²) in [5.41, 5.74) is 0.163. The Bertz CT molecular complexity index is 764. The van der Waals surface area contributed by atoms with Crippen molar-refractivity contribution in [2.45, 2.75) is 0 Å². The van der Waals surface area contributed by atoms with E-state index in [1.54, 1.807) is 12.1 Å². The van der Waals surface area contributed by atoms with E-state index in [-0.39, 0.29) is 17.0 Å². The first-order valence-electron chi connectivity index (χ1n) is 6.43. The molecule has 2 rings (SSSR count). The van der Waals surface area contributed by atoms with Crippen LogP contribution >= 0.6 is 11.6 Å². The standard InChI is InChI=1S/C15H13ClN2O5/c1-22-13-6-4-10(18(20)21)8-11(13)15(19)17-12-7-9(16)3-5-14(12)23-2/h3-8H,1-2H3,(H,17,19). The number of non-ortho nitro benzene ring substituents is 1. The number of hydrogen-bond donors (Lipinski definition) is 1. The van der Waals surface area contributed by atoms with Crippen molar-refractivity contribution in [1.82, 2.24) is 0 Å². The molecule has 0 saturated carbocycles. The Morgan fingerprint density at radius 1 is 1.13 bits per heavy atom. The maximum Gasteiger partial charge on any atom is 0.270 e. The van der Waals surface area contributed by atoms with Gasteiger partial charge in [0, 0.05) is 17.2 Å². The van der Waals surface area contributed by atoms with E-state index in [9.17, 15) is 14.9 Å². The van der Waals surface area contributed by atoms with Crippen molar-refractivity contribution in [1.29, 1.82) is 0 Å². The summed E-state index contributed by atoms with van der Waals surface area (Å²) in [5.74, 6) is 0.0485. The Morgan fingerprint density at radius 3 is 2.39 bits per heavy atom. The van der Waals surface area contributed by atoms with Gasteiger partial charge in [-0.25, -0.2) is 0 Å². The summed E-state index contributed by atoms with van der Waals surface area (Å²) in [6.07, 6.45) is 0. The minimum absolute atomic E-state index is 0.0312. The normalized spacial score (nSPS) is 10.0. The minimum atomic E-state index is -0.587. The number of nitro groups is 1. The number of nitro benzene ring substituents is 1. The van der Waals surface area contributed by atoms with Gasteiger partial charge in [0.1, 0.15) is 11.5 Å². The van der Waals surface area contributed by atoms with E-state index >= 15 is 0 Å². The van der Waals surface area contributed by atoms with E-state index in [0.29, 0.717) is 16.5 Å². The molecule has 1 amide bonds. The number of hydrogen-bond acceptors (Lipinski definition) is 5. The van der Waals surface area contributed by atoms with E-state index < -0.39 is 10.8 Å². The molecule has 0 spiro atoms. The number of halogens is 1. The number of carbonyl (C=O) groups is 1. The van der Waals surface area contributed by atoms with Gasteiger partial charge in [0.25, 0.3) is 11.6 Å². The van der Waals surface area contributed by atoms with Gasteiger partial charge in [-0.15, -0.1) is 0 Å². The van der Waals surface area contributed by atoms with E-state index in [1.165, 1.54) is 32.4 Å². The second-order valence-corrected chi connectivity index (χ2v) is 4.88. The van der Waals surface area contributed by atoms with E-state index in [1.807, 2.05) is 0 Å². The summed E-state index contributed by atoms with van der Waals surface area (Å²) in [7, 11) is 2.82. The minimum Gasteiger partial charge on any atom is -0.496 e. The zero-order valence-electron chi connectivity index (χ0n) is 12.3. The molecular formula is C15H13ClN2O5. The molecule has 1 N–H and O–H groups in total. The quantitative estimate of drug-likeness (QED) is 0.666. The maximum atomic E-state index is 12.4. The van der Waals surface area contributed by atoms with Crippen LogP contribution in [0.1, 0.15) is 10.4 Å². The van der Waals surface area contributed by atoms with Gasteiger partial charge >= 0.3 is 0 Å². The molecule has 0 fully saturated rings. The van der Waals surface area contributed by atoms with Gasteiger partial charge < -0.3 is 14.8 Å². The Hall–Kier alpha value is -2.80.